The van der Waals surface area contributed by atoms with Crippen molar-refractivity contribution < 1.29 is 13.2 Å². The van der Waals surface area contributed by atoms with Crippen LogP contribution in [0.5, 0.6) is 0 Å². The molecule has 0 spiro atoms. The van der Waals surface area contributed by atoms with Crippen LogP contribution in [0.4, 0.5) is 19.0 Å². The fraction of sp³-hybridized carbons (Fsp3) is 0.615. The first-order valence-electron chi connectivity index (χ1n) is 6.40. The van der Waals surface area contributed by atoms with Gasteiger partial charge >= 0.3 is 6.18 Å². The Bertz CT molecular complexity index is 433. The van der Waals surface area contributed by atoms with Crippen molar-refractivity contribution in [3.8, 4) is 0 Å². The van der Waals surface area contributed by atoms with Gasteiger partial charge in [0.25, 0.3) is 0 Å². The summed E-state index contributed by atoms with van der Waals surface area (Å²) in [6.07, 6.45) is -2.12. The van der Waals surface area contributed by atoms with Gasteiger partial charge in [0.15, 0.2) is 0 Å². The number of hydrogen-bond acceptors (Lipinski definition) is 3. The number of nitrogens with zero attached hydrogens (tertiary/aromatic N) is 3. The normalized spacial score (nSPS) is 20.3. The standard InChI is InChI=1S/C13H18F3N3/c1-3-18(2)11-5-7-19(9-11)12-8-10(4-6-17-12)13(14,15)16/h4,6,8,11H,3,5,7,9H2,1-2H3/t11-/m0/s1. The first kappa shape index (κ1) is 14.1. The van der Waals surface area contributed by atoms with E-state index in [0.29, 0.717) is 11.9 Å². The summed E-state index contributed by atoms with van der Waals surface area (Å²) in [5.74, 6) is 0.418. The molecule has 3 nitrogen and oxygen atoms in total. The van der Waals surface area contributed by atoms with E-state index in [1.165, 1.54) is 6.20 Å². The molecule has 106 valence electrons. The molecule has 0 amide bonds. The molecule has 0 radical (unpaired) electrons. The largest absolute Gasteiger partial charge is 0.416 e. The van der Waals surface area contributed by atoms with Crippen LogP contribution in [0, 0.1) is 0 Å². The second-order valence-electron chi connectivity index (χ2n) is 4.86. The van der Waals surface area contributed by atoms with E-state index in [2.05, 4.69) is 16.8 Å². The highest BCUT2D eigenvalue weighted by Crippen LogP contribution is 2.31. The summed E-state index contributed by atoms with van der Waals surface area (Å²) in [4.78, 5) is 8.20. The van der Waals surface area contributed by atoms with Crippen LogP contribution in [0.1, 0.15) is 18.9 Å². The quantitative estimate of drug-likeness (QED) is 0.844. The van der Waals surface area contributed by atoms with Crippen LogP contribution in [0.2, 0.25) is 0 Å². The van der Waals surface area contributed by atoms with Crippen LogP contribution in [0.3, 0.4) is 0 Å². The number of alkyl halides is 3. The molecule has 1 saturated heterocycles. The zero-order valence-corrected chi connectivity index (χ0v) is 11.1. The molecule has 19 heavy (non-hydrogen) atoms. The Morgan fingerprint density at radius 2 is 2.21 bits per heavy atom. The zero-order chi connectivity index (χ0) is 14.0. The van der Waals surface area contributed by atoms with Gasteiger partial charge in [-0.1, -0.05) is 6.92 Å². The van der Waals surface area contributed by atoms with Gasteiger partial charge in [-0.15, -0.1) is 0 Å². The molecule has 0 N–H and O–H groups in total. The van der Waals surface area contributed by atoms with E-state index >= 15 is 0 Å². The number of aromatic nitrogens is 1. The van der Waals surface area contributed by atoms with Crippen molar-refractivity contribution >= 4 is 5.82 Å². The van der Waals surface area contributed by atoms with Crippen molar-refractivity contribution in [1.82, 2.24) is 9.88 Å². The maximum atomic E-state index is 12.7. The molecule has 1 aliphatic heterocycles. The van der Waals surface area contributed by atoms with Crippen LogP contribution in [-0.2, 0) is 6.18 Å². The molecule has 1 atom stereocenters. The number of rotatable bonds is 3. The van der Waals surface area contributed by atoms with E-state index in [-0.39, 0.29) is 0 Å². The summed E-state index contributed by atoms with van der Waals surface area (Å²) in [6, 6.07) is 2.53. The molecule has 2 heterocycles. The minimum atomic E-state index is -4.31. The van der Waals surface area contributed by atoms with Crippen molar-refractivity contribution in [3.05, 3.63) is 23.9 Å². The van der Waals surface area contributed by atoms with Crippen molar-refractivity contribution in [2.45, 2.75) is 25.6 Å². The maximum absolute atomic E-state index is 12.7. The minimum Gasteiger partial charge on any atom is -0.355 e. The highest BCUT2D eigenvalue weighted by molar-refractivity contribution is 5.43. The van der Waals surface area contributed by atoms with Crippen molar-refractivity contribution in [1.29, 1.82) is 0 Å². The summed E-state index contributed by atoms with van der Waals surface area (Å²) < 4.78 is 38.0. The number of likely N-dealkylation sites (N-methyl/N-ethyl adjacent to an activating group) is 1. The predicted molar refractivity (Wildman–Crippen MR) is 68.2 cm³/mol. The topological polar surface area (TPSA) is 19.4 Å². The lowest BCUT2D eigenvalue weighted by Gasteiger charge is -2.23. The van der Waals surface area contributed by atoms with Gasteiger partial charge in [0.2, 0.25) is 0 Å². The Balaban J connectivity index is 2.12. The first-order valence-corrected chi connectivity index (χ1v) is 6.40. The minimum absolute atomic E-state index is 0.390. The Morgan fingerprint density at radius 1 is 1.47 bits per heavy atom. The summed E-state index contributed by atoms with van der Waals surface area (Å²) in [7, 11) is 2.04. The van der Waals surface area contributed by atoms with Gasteiger partial charge in [-0.05, 0) is 32.1 Å². The van der Waals surface area contributed by atoms with Gasteiger partial charge in [-0.3, -0.25) is 0 Å². The van der Waals surface area contributed by atoms with E-state index in [0.717, 1.165) is 38.2 Å². The molecule has 0 unspecified atom stereocenters. The third-order valence-corrected chi connectivity index (χ3v) is 3.68. The van der Waals surface area contributed by atoms with E-state index in [1.807, 2.05) is 11.9 Å². The van der Waals surface area contributed by atoms with E-state index in [4.69, 9.17) is 0 Å². The van der Waals surface area contributed by atoms with E-state index in [1.54, 1.807) is 0 Å². The lowest BCUT2D eigenvalue weighted by molar-refractivity contribution is -0.137. The first-order chi connectivity index (χ1) is 8.91. The van der Waals surface area contributed by atoms with Gasteiger partial charge in [0, 0.05) is 25.3 Å². The molecule has 2 rings (SSSR count). The number of pyridine rings is 1. The van der Waals surface area contributed by atoms with E-state index in [9.17, 15) is 13.2 Å². The number of anilines is 1. The predicted octanol–water partition coefficient (Wildman–Crippen LogP) is 2.63. The average molecular weight is 273 g/mol. The smallest absolute Gasteiger partial charge is 0.355 e. The molecule has 1 fully saturated rings. The summed E-state index contributed by atoms with van der Waals surface area (Å²) in [5, 5.41) is 0. The number of halogens is 3. The number of hydrogen-bond donors (Lipinski definition) is 0. The Labute approximate surface area is 111 Å². The Morgan fingerprint density at radius 3 is 2.84 bits per heavy atom. The van der Waals surface area contributed by atoms with Crippen molar-refractivity contribution in [2.75, 3.05) is 31.6 Å². The second kappa shape index (κ2) is 5.36. The van der Waals surface area contributed by atoms with Crippen LogP contribution >= 0.6 is 0 Å². The lowest BCUT2D eigenvalue weighted by Crippen LogP contribution is -2.34. The molecule has 0 bridgehead atoms. The molecule has 1 aliphatic rings. The van der Waals surface area contributed by atoms with Crippen LogP contribution in [0.25, 0.3) is 0 Å². The molecular weight excluding hydrogens is 255 g/mol. The Kier molecular flexibility index (Phi) is 3.99. The average Bonchev–Trinajstić information content (AvgIpc) is 2.86. The summed E-state index contributed by atoms with van der Waals surface area (Å²) >= 11 is 0. The van der Waals surface area contributed by atoms with Gasteiger partial charge in [0.1, 0.15) is 5.82 Å². The zero-order valence-electron chi connectivity index (χ0n) is 11.1. The Hall–Kier alpha value is -1.30. The molecule has 6 heteroatoms. The van der Waals surface area contributed by atoms with E-state index < -0.39 is 11.7 Å². The van der Waals surface area contributed by atoms with Crippen LogP contribution < -0.4 is 4.90 Å². The van der Waals surface area contributed by atoms with Gasteiger partial charge < -0.3 is 9.80 Å². The molecule has 0 saturated carbocycles. The van der Waals surface area contributed by atoms with Gasteiger partial charge in [0.05, 0.1) is 5.56 Å². The fourth-order valence-corrected chi connectivity index (χ4v) is 2.34. The molecule has 1 aromatic heterocycles. The third kappa shape index (κ3) is 3.18. The molecule has 0 aromatic carbocycles. The maximum Gasteiger partial charge on any atom is 0.416 e. The molecular formula is C13H18F3N3. The van der Waals surface area contributed by atoms with Crippen LogP contribution in [0.15, 0.2) is 18.3 Å². The fourth-order valence-electron chi connectivity index (χ4n) is 2.34. The van der Waals surface area contributed by atoms with Gasteiger partial charge in [-0.25, -0.2) is 4.98 Å². The van der Waals surface area contributed by atoms with Crippen LogP contribution in [-0.4, -0.2) is 42.6 Å². The SMILES string of the molecule is CCN(C)[C@H]1CCN(c2cc(C(F)(F)F)ccn2)C1. The summed E-state index contributed by atoms with van der Waals surface area (Å²) in [5.41, 5.74) is -0.634. The lowest BCUT2D eigenvalue weighted by atomic mass is 10.2. The third-order valence-electron chi connectivity index (χ3n) is 3.68. The van der Waals surface area contributed by atoms with Crippen molar-refractivity contribution in [2.24, 2.45) is 0 Å². The second-order valence-corrected chi connectivity index (χ2v) is 4.86. The van der Waals surface area contributed by atoms with Crippen molar-refractivity contribution in [3.63, 3.8) is 0 Å². The highest BCUT2D eigenvalue weighted by Gasteiger charge is 2.32. The molecule has 0 aliphatic carbocycles. The molecule has 1 aromatic rings. The van der Waals surface area contributed by atoms with Gasteiger partial charge in [-0.2, -0.15) is 13.2 Å². The monoisotopic (exact) mass is 273 g/mol. The highest BCUT2D eigenvalue weighted by atomic mass is 19.4. The summed E-state index contributed by atoms with van der Waals surface area (Å²) in [6.45, 7) is 4.50.